The summed E-state index contributed by atoms with van der Waals surface area (Å²) in [7, 11) is 0. The minimum Gasteiger partial charge on any atom is -0.462 e. The number of nitrogens with zero attached hydrogens (tertiary/aromatic N) is 1. The Labute approximate surface area is 157 Å². The van der Waals surface area contributed by atoms with Crippen molar-refractivity contribution in [1.82, 2.24) is 0 Å². The second-order valence-corrected chi connectivity index (χ2v) is 6.27. The van der Waals surface area contributed by atoms with Gasteiger partial charge in [-0.05, 0) is 36.8 Å². The largest absolute Gasteiger partial charge is 0.462 e. The number of esters is 2. The Hall–Kier alpha value is -3.15. The Bertz CT molecular complexity index is 816. The molecule has 6 nitrogen and oxygen atoms in total. The first kappa shape index (κ1) is 18.6. The first-order valence-electron chi connectivity index (χ1n) is 8.86. The van der Waals surface area contributed by atoms with Gasteiger partial charge in [-0.2, -0.15) is 0 Å². The molecule has 1 fully saturated rings. The molecule has 1 aliphatic heterocycles. The zero-order chi connectivity index (χ0) is 19.2. The summed E-state index contributed by atoms with van der Waals surface area (Å²) in [5, 5.41) is 0. The van der Waals surface area contributed by atoms with E-state index in [9.17, 15) is 14.4 Å². The highest BCUT2D eigenvalue weighted by Gasteiger charge is 2.36. The fourth-order valence-electron chi connectivity index (χ4n) is 2.95. The lowest BCUT2D eigenvalue weighted by atomic mass is 10.1. The van der Waals surface area contributed by atoms with Gasteiger partial charge in [0.2, 0.25) is 5.91 Å². The second kappa shape index (κ2) is 8.49. The fraction of sp³-hybridized carbons (Fsp3) is 0.286. The quantitative estimate of drug-likeness (QED) is 0.734. The van der Waals surface area contributed by atoms with Crippen LogP contribution in [-0.4, -0.2) is 31.0 Å². The number of anilines is 1. The maximum absolute atomic E-state index is 12.3. The molecule has 0 radical (unpaired) electrons. The maximum Gasteiger partial charge on any atom is 0.338 e. The molecule has 1 aliphatic rings. The van der Waals surface area contributed by atoms with E-state index in [0.717, 1.165) is 11.3 Å². The molecule has 2 aromatic carbocycles. The van der Waals surface area contributed by atoms with Gasteiger partial charge in [0.1, 0.15) is 6.61 Å². The molecular weight excluding hydrogens is 346 g/mol. The van der Waals surface area contributed by atoms with Gasteiger partial charge < -0.3 is 14.4 Å². The molecule has 27 heavy (non-hydrogen) atoms. The van der Waals surface area contributed by atoms with E-state index in [1.807, 2.05) is 30.3 Å². The molecule has 0 aliphatic carbocycles. The van der Waals surface area contributed by atoms with Crippen LogP contribution in [0.25, 0.3) is 0 Å². The van der Waals surface area contributed by atoms with Crippen molar-refractivity contribution in [3.8, 4) is 0 Å². The minimum absolute atomic E-state index is 0.0815. The monoisotopic (exact) mass is 367 g/mol. The minimum atomic E-state index is -0.475. The summed E-state index contributed by atoms with van der Waals surface area (Å²) >= 11 is 0. The molecular formula is C21H21NO5. The zero-order valence-electron chi connectivity index (χ0n) is 15.1. The van der Waals surface area contributed by atoms with Gasteiger partial charge in [0, 0.05) is 18.7 Å². The number of para-hydroxylation sites is 1. The van der Waals surface area contributed by atoms with Crippen LogP contribution < -0.4 is 4.90 Å². The highest BCUT2D eigenvalue weighted by Crippen LogP contribution is 2.25. The summed E-state index contributed by atoms with van der Waals surface area (Å²) in [6.45, 7) is 2.48. The molecule has 6 heteroatoms. The molecule has 1 unspecified atom stereocenters. The van der Waals surface area contributed by atoms with Crippen LogP contribution in [0.4, 0.5) is 5.69 Å². The molecule has 1 atom stereocenters. The number of rotatable bonds is 6. The Morgan fingerprint density at radius 1 is 1.04 bits per heavy atom. The molecule has 0 aromatic heterocycles. The van der Waals surface area contributed by atoms with Crippen LogP contribution in [0.15, 0.2) is 54.6 Å². The van der Waals surface area contributed by atoms with Crippen molar-refractivity contribution in [2.45, 2.75) is 20.0 Å². The molecule has 1 heterocycles. The smallest absolute Gasteiger partial charge is 0.338 e. The molecule has 140 valence electrons. The van der Waals surface area contributed by atoms with Crippen molar-refractivity contribution < 1.29 is 23.9 Å². The second-order valence-electron chi connectivity index (χ2n) is 6.27. The summed E-state index contributed by atoms with van der Waals surface area (Å²) in [5.41, 5.74) is 2.00. The van der Waals surface area contributed by atoms with Crippen LogP contribution in [0.3, 0.4) is 0 Å². The lowest BCUT2D eigenvalue weighted by molar-refractivity contribution is -0.149. The predicted octanol–water partition coefficient (Wildman–Crippen LogP) is 2.96. The number of carbonyl (C=O) groups excluding carboxylic acids is 3. The molecule has 3 rings (SSSR count). The van der Waals surface area contributed by atoms with Gasteiger partial charge in [-0.1, -0.05) is 30.3 Å². The normalized spacial score (nSPS) is 16.3. The third-order valence-electron chi connectivity index (χ3n) is 4.37. The van der Waals surface area contributed by atoms with Crippen molar-refractivity contribution in [3.63, 3.8) is 0 Å². The maximum atomic E-state index is 12.3. The van der Waals surface area contributed by atoms with Gasteiger partial charge in [-0.25, -0.2) is 4.79 Å². The SMILES string of the molecule is CCOC(=O)c1ccc(COC(=O)C2CC(=O)N(c3ccccc3)C2)cc1. The van der Waals surface area contributed by atoms with Crippen molar-refractivity contribution in [1.29, 1.82) is 0 Å². The van der Waals surface area contributed by atoms with Crippen LogP contribution >= 0.6 is 0 Å². The Morgan fingerprint density at radius 2 is 1.74 bits per heavy atom. The van der Waals surface area contributed by atoms with E-state index in [1.54, 1.807) is 36.1 Å². The molecule has 0 N–H and O–H groups in total. The summed E-state index contributed by atoms with van der Waals surface area (Å²) in [5.74, 6) is -1.33. The van der Waals surface area contributed by atoms with Gasteiger partial charge >= 0.3 is 11.9 Å². The lowest BCUT2D eigenvalue weighted by Gasteiger charge is -2.16. The molecule has 0 bridgehead atoms. The zero-order valence-corrected chi connectivity index (χ0v) is 15.1. The van der Waals surface area contributed by atoms with Gasteiger partial charge in [0.05, 0.1) is 18.1 Å². The Morgan fingerprint density at radius 3 is 2.41 bits per heavy atom. The van der Waals surface area contributed by atoms with Crippen molar-refractivity contribution in [3.05, 3.63) is 65.7 Å². The van der Waals surface area contributed by atoms with Gasteiger partial charge in [-0.3, -0.25) is 9.59 Å². The molecule has 1 amide bonds. The number of benzene rings is 2. The van der Waals surface area contributed by atoms with E-state index in [2.05, 4.69) is 0 Å². The fourth-order valence-corrected chi connectivity index (χ4v) is 2.95. The number of amides is 1. The van der Waals surface area contributed by atoms with E-state index in [1.165, 1.54) is 0 Å². The van der Waals surface area contributed by atoms with Crippen molar-refractivity contribution >= 4 is 23.5 Å². The van der Waals surface area contributed by atoms with Crippen LogP contribution in [0, 0.1) is 5.92 Å². The van der Waals surface area contributed by atoms with Crippen LogP contribution in [0.5, 0.6) is 0 Å². The van der Waals surface area contributed by atoms with Gasteiger partial charge in [0.25, 0.3) is 0 Å². The average Bonchev–Trinajstić information content (AvgIpc) is 3.09. The Balaban J connectivity index is 1.54. The highest BCUT2D eigenvalue weighted by atomic mass is 16.5. The van der Waals surface area contributed by atoms with E-state index < -0.39 is 11.9 Å². The van der Waals surface area contributed by atoms with Crippen LogP contribution in [-0.2, 0) is 25.7 Å². The van der Waals surface area contributed by atoms with Crippen molar-refractivity contribution in [2.24, 2.45) is 5.92 Å². The summed E-state index contributed by atoms with van der Waals surface area (Å²) in [4.78, 5) is 37.8. The van der Waals surface area contributed by atoms with E-state index in [4.69, 9.17) is 9.47 Å². The highest BCUT2D eigenvalue weighted by molar-refractivity contribution is 5.99. The van der Waals surface area contributed by atoms with E-state index >= 15 is 0 Å². The molecule has 0 saturated carbocycles. The topological polar surface area (TPSA) is 72.9 Å². The van der Waals surface area contributed by atoms with Crippen molar-refractivity contribution in [2.75, 3.05) is 18.1 Å². The van der Waals surface area contributed by atoms with Gasteiger partial charge in [-0.15, -0.1) is 0 Å². The summed E-state index contributed by atoms with van der Waals surface area (Å²) in [6, 6.07) is 16.0. The molecule has 2 aromatic rings. The number of carbonyl (C=O) groups is 3. The molecule has 0 spiro atoms. The first-order chi connectivity index (χ1) is 13.1. The van der Waals surface area contributed by atoms with E-state index in [0.29, 0.717) is 18.7 Å². The van der Waals surface area contributed by atoms with Gasteiger partial charge in [0.15, 0.2) is 0 Å². The van der Waals surface area contributed by atoms with Crippen LogP contribution in [0.1, 0.15) is 29.3 Å². The first-order valence-corrected chi connectivity index (χ1v) is 8.86. The third kappa shape index (κ3) is 4.53. The number of hydrogen-bond donors (Lipinski definition) is 0. The number of hydrogen-bond acceptors (Lipinski definition) is 5. The van der Waals surface area contributed by atoms with Crippen LogP contribution in [0.2, 0.25) is 0 Å². The Kier molecular flexibility index (Phi) is 5.86. The van der Waals surface area contributed by atoms with E-state index in [-0.39, 0.29) is 24.9 Å². The standard InChI is InChI=1S/C21H21NO5/c1-2-26-20(24)16-10-8-15(9-11-16)14-27-21(25)17-12-19(23)22(13-17)18-6-4-3-5-7-18/h3-11,17H,2,12-14H2,1H3. The average molecular weight is 367 g/mol. The summed E-state index contributed by atoms with van der Waals surface area (Å²) in [6.07, 6.45) is 0.148. The summed E-state index contributed by atoms with van der Waals surface area (Å²) < 4.78 is 10.3. The number of ether oxygens (including phenoxy) is 2. The molecule has 1 saturated heterocycles. The third-order valence-corrected chi connectivity index (χ3v) is 4.37. The lowest BCUT2D eigenvalue weighted by Crippen LogP contribution is -2.26. The predicted molar refractivity (Wildman–Crippen MR) is 99.1 cm³/mol.